The molecule has 8 nitrogen and oxygen atoms in total. The summed E-state index contributed by atoms with van der Waals surface area (Å²) in [4.78, 5) is 51.6. The molecule has 0 spiro atoms. The van der Waals surface area contributed by atoms with Crippen LogP contribution in [0.3, 0.4) is 0 Å². The average molecular weight is 404 g/mol. The van der Waals surface area contributed by atoms with Crippen LogP contribution >= 0.6 is 0 Å². The number of nitrogens with zero attached hydrogens (tertiary/aromatic N) is 2. The highest BCUT2D eigenvalue weighted by Crippen LogP contribution is 2.39. The van der Waals surface area contributed by atoms with E-state index in [1.165, 1.54) is 6.07 Å². The maximum atomic E-state index is 15.0. The number of carbonyl (C=O) groups excluding carboxylic acids is 4. The smallest absolute Gasteiger partial charge is 0.265 e. The number of amides is 4. The first kappa shape index (κ1) is 18.2. The van der Waals surface area contributed by atoms with Gasteiger partial charge in [0.1, 0.15) is 6.04 Å². The van der Waals surface area contributed by atoms with Crippen LogP contribution in [0, 0.1) is 11.6 Å². The summed E-state index contributed by atoms with van der Waals surface area (Å²) in [5.41, 5.74) is -0.920. The molecule has 3 atom stereocenters. The van der Waals surface area contributed by atoms with Gasteiger partial charge in [0.25, 0.3) is 11.8 Å². The van der Waals surface area contributed by atoms with E-state index in [4.69, 9.17) is 0 Å². The number of benzene rings is 1. The summed E-state index contributed by atoms with van der Waals surface area (Å²) in [5.74, 6) is -5.72. The minimum Gasteiger partial charge on any atom is -0.361 e. The van der Waals surface area contributed by atoms with Crippen LogP contribution in [0.2, 0.25) is 0 Å². The van der Waals surface area contributed by atoms with Gasteiger partial charge in [0, 0.05) is 31.6 Å². The van der Waals surface area contributed by atoms with Gasteiger partial charge in [-0.3, -0.25) is 29.4 Å². The normalized spacial score (nSPS) is 28.8. The number of halogens is 2. The van der Waals surface area contributed by atoms with Crippen LogP contribution in [0.4, 0.5) is 14.5 Å². The number of carbonyl (C=O) groups is 4. The van der Waals surface area contributed by atoms with Crippen molar-refractivity contribution < 1.29 is 28.0 Å². The van der Waals surface area contributed by atoms with Gasteiger partial charge < -0.3 is 10.2 Å². The average Bonchev–Trinajstić information content (AvgIpc) is 3.07. The Morgan fingerprint density at radius 2 is 1.62 bits per heavy atom. The van der Waals surface area contributed by atoms with Crippen molar-refractivity contribution in [3.8, 4) is 0 Å². The second kappa shape index (κ2) is 6.31. The van der Waals surface area contributed by atoms with Crippen LogP contribution < -0.4 is 15.5 Å². The summed E-state index contributed by atoms with van der Waals surface area (Å²) in [7, 11) is 0. The first-order valence-electron chi connectivity index (χ1n) is 9.61. The first-order valence-corrected chi connectivity index (χ1v) is 9.61. The highest BCUT2D eigenvalue weighted by molar-refractivity contribution is 6.24. The summed E-state index contributed by atoms with van der Waals surface area (Å²) < 4.78 is 29.9. The molecule has 4 aliphatic heterocycles. The molecule has 0 saturated carbocycles. The topological polar surface area (TPSA) is 98.8 Å². The van der Waals surface area contributed by atoms with Gasteiger partial charge >= 0.3 is 0 Å². The molecule has 0 aromatic heterocycles. The quantitative estimate of drug-likeness (QED) is 0.689. The van der Waals surface area contributed by atoms with Gasteiger partial charge in [-0.25, -0.2) is 8.78 Å². The highest BCUT2D eigenvalue weighted by atomic mass is 19.2. The number of imide groups is 2. The first-order chi connectivity index (χ1) is 13.9. The van der Waals surface area contributed by atoms with Gasteiger partial charge in [0.05, 0.1) is 16.8 Å². The molecule has 4 aliphatic rings. The van der Waals surface area contributed by atoms with E-state index in [1.54, 1.807) is 4.90 Å². The summed E-state index contributed by atoms with van der Waals surface area (Å²) >= 11 is 0. The third kappa shape index (κ3) is 2.51. The summed E-state index contributed by atoms with van der Waals surface area (Å²) in [6, 6.07) is -0.0177. The van der Waals surface area contributed by atoms with E-state index in [1.807, 2.05) is 0 Å². The van der Waals surface area contributed by atoms with E-state index < -0.39 is 46.9 Å². The van der Waals surface area contributed by atoms with Crippen molar-refractivity contribution in [2.24, 2.45) is 0 Å². The molecular weight excluding hydrogens is 386 g/mol. The van der Waals surface area contributed by atoms with Crippen LogP contribution in [0.1, 0.15) is 46.4 Å². The maximum Gasteiger partial charge on any atom is 0.265 e. The zero-order chi connectivity index (χ0) is 20.4. The lowest BCUT2D eigenvalue weighted by Crippen LogP contribution is -2.54. The standard InChI is InChI=1S/C19H18F2N4O4/c20-15-12(24-8-1-2-9(24)7-22-6-8)5-10-14(16(15)21)19(29)25(18(10)28)11-3-4-13(26)23-17(11)27/h5,8-9,11,22H,1-4,6-7H2,(H,23,26,27). The molecule has 29 heavy (non-hydrogen) atoms. The molecule has 0 radical (unpaired) electrons. The lowest BCUT2D eigenvalue weighted by atomic mass is 10.0. The van der Waals surface area contributed by atoms with E-state index in [2.05, 4.69) is 10.6 Å². The van der Waals surface area contributed by atoms with E-state index >= 15 is 0 Å². The van der Waals surface area contributed by atoms with Gasteiger partial charge in [0.2, 0.25) is 11.8 Å². The minimum absolute atomic E-state index is 0.0147. The van der Waals surface area contributed by atoms with Crippen molar-refractivity contribution in [1.82, 2.24) is 15.5 Å². The van der Waals surface area contributed by atoms with Gasteiger partial charge in [-0.1, -0.05) is 0 Å². The molecule has 4 heterocycles. The predicted molar refractivity (Wildman–Crippen MR) is 95.2 cm³/mol. The second-order valence-corrected chi connectivity index (χ2v) is 7.84. The summed E-state index contributed by atoms with van der Waals surface area (Å²) in [5, 5.41) is 5.32. The van der Waals surface area contributed by atoms with Crippen molar-refractivity contribution in [1.29, 1.82) is 0 Å². The van der Waals surface area contributed by atoms with E-state index in [0.29, 0.717) is 18.0 Å². The zero-order valence-electron chi connectivity index (χ0n) is 15.3. The second-order valence-electron chi connectivity index (χ2n) is 7.84. The molecule has 2 bridgehead atoms. The maximum absolute atomic E-state index is 15.0. The van der Waals surface area contributed by atoms with Crippen molar-refractivity contribution in [3.05, 3.63) is 28.8 Å². The van der Waals surface area contributed by atoms with Crippen molar-refractivity contribution >= 4 is 29.3 Å². The monoisotopic (exact) mass is 404 g/mol. The zero-order valence-corrected chi connectivity index (χ0v) is 15.3. The number of piperazine rings is 1. The van der Waals surface area contributed by atoms with Gasteiger partial charge in [-0.2, -0.15) is 0 Å². The molecule has 10 heteroatoms. The van der Waals surface area contributed by atoms with Crippen molar-refractivity contribution in [3.63, 3.8) is 0 Å². The largest absolute Gasteiger partial charge is 0.361 e. The fourth-order valence-corrected chi connectivity index (χ4v) is 4.90. The lowest BCUT2D eigenvalue weighted by molar-refractivity contribution is -0.136. The molecule has 2 N–H and O–H groups in total. The van der Waals surface area contributed by atoms with Crippen molar-refractivity contribution in [2.45, 2.75) is 43.8 Å². The number of nitrogens with one attached hydrogen (secondary N) is 2. The van der Waals surface area contributed by atoms with Gasteiger partial charge in [0.15, 0.2) is 11.6 Å². The summed E-state index contributed by atoms with van der Waals surface area (Å²) in [6.45, 7) is 1.26. The SMILES string of the molecule is O=C1CCC(N2C(=O)c3cc(N4C5CCC4CNC5)c(F)c(F)c3C2=O)C(=O)N1. The fraction of sp³-hybridized carbons (Fsp3) is 0.474. The highest BCUT2D eigenvalue weighted by Gasteiger charge is 2.48. The Bertz CT molecular complexity index is 965. The van der Waals surface area contributed by atoms with Crippen LogP contribution in [-0.2, 0) is 9.59 Å². The molecule has 1 aromatic rings. The molecule has 3 unspecified atom stereocenters. The third-order valence-corrected chi connectivity index (χ3v) is 6.25. The van der Waals surface area contributed by atoms with E-state index in [-0.39, 0.29) is 36.2 Å². The van der Waals surface area contributed by atoms with Crippen LogP contribution in [0.25, 0.3) is 0 Å². The third-order valence-electron chi connectivity index (χ3n) is 6.25. The Kier molecular flexibility index (Phi) is 3.95. The Morgan fingerprint density at radius 1 is 0.931 bits per heavy atom. The van der Waals surface area contributed by atoms with E-state index in [0.717, 1.165) is 12.8 Å². The number of rotatable bonds is 2. The molecule has 0 aliphatic carbocycles. The number of hydrogen-bond acceptors (Lipinski definition) is 6. The van der Waals surface area contributed by atoms with Crippen LogP contribution in [0.15, 0.2) is 6.07 Å². The number of anilines is 1. The molecule has 3 saturated heterocycles. The predicted octanol–water partition coefficient (Wildman–Crippen LogP) is 0.307. The molecule has 152 valence electrons. The Morgan fingerprint density at radius 3 is 2.28 bits per heavy atom. The molecular formula is C19H18F2N4O4. The van der Waals surface area contributed by atoms with Crippen molar-refractivity contribution in [2.75, 3.05) is 18.0 Å². The fourth-order valence-electron chi connectivity index (χ4n) is 4.90. The van der Waals surface area contributed by atoms with Gasteiger partial charge in [-0.05, 0) is 25.3 Å². The Balaban J connectivity index is 1.56. The Hall–Kier alpha value is -2.88. The van der Waals surface area contributed by atoms with Crippen LogP contribution in [0.5, 0.6) is 0 Å². The van der Waals surface area contributed by atoms with Gasteiger partial charge in [-0.15, -0.1) is 0 Å². The summed E-state index contributed by atoms with van der Waals surface area (Å²) in [6.07, 6.45) is 1.56. The Labute approximate surface area is 164 Å². The molecule has 5 rings (SSSR count). The molecule has 1 aromatic carbocycles. The molecule has 4 amide bonds. The number of piperidine rings is 1. The molecule has 3 fully saturated rings. The van der Waals surface area contributed by atoms with E-state index in [9.17, 15) is 28.0 Å². The number of hydrogen-bond donors (Lipinski definition) is 2. The minimum atomic E-state index is -1.37. The number of fused-ring (bicyclic) bond motifs is 3. The lowest BCUT2D eigenvalue weighted by Gasteiger charge is -2.37. The van der Waals surface area contributed by atoms with Crippen LogP contribution in [-0.4, -0.2) is 59.7 Å².